The van der Waals surface area contributed by atoms with E-state index >= 15 is 0 Å². The Kier molecular flexibility index (Phi) is 4.80. The number of carbonyl (C=O) groups excluding carboxylic acids is 1. The van der Waals surface area contributed by atoms with E-state index in [4.69, 9.17) is 4.74 Å². The lowest BCUT2D eigenvalue weighted by Crippen LogP contribution is -2.45. The molecule has 1 aromatic heterocycles. The fourth-order valence-electron chi connectivity index (χ4n) is 2.00. The normalized spacial score (nSPS) is 17.6. The van der Waals surface area contributed by atoms with Crippen molar-refractivity contribution in [3.8, 4) is 0 Å². The van der Waals surface area contributed by atoms with E-state index in [1.54, 1.807) is 6.92 Å². The number of likely N-dealkylation sites (N-methyl/N-ethyl adjacent to an activating group) is 1. The summed E-state index contributed by atoms with van der Waals surface area (Å²) in [7, 11) is 2.12. The maximum absolute atomic E-state index is 11.6. The molecule has 0 aromatic carbocycles. The molecular weight excluding hydrogens is 248 g/mol. The van der Waals surface area contributed by atoms with Crippen LogP contribution in [0.25, 0.3) is 0 Å². The third-order valence-corrected chi connectivity index (χ3v) is 3.21. The van der Waals surface area contributed by atoms with E-state index in [9.17, 15) is 4.79 Å². The first-order chi connectivity index (χ1) is 9.20. The van der Waals surface area contributed by atoms with Crippen LogP contribution in [0, 0.1) is 0 Å². The number of hydrogen-bond donors (Lipinski definition) is 0. The topological polar surface area (TPSA) is 76.4 Å². The molecule has 0 amide bonds. The summed E-state index contributed by atoms with van der Waals surface area (Å²) in [6, 6.07) is 0. The summed E-state index contributed by atoms with van der Waals surface area (Å²) in [6.07, 6.45) is 0. The number of aromatic nitrogens is 4. The Hall–Kier alpha value is -1.54. The SMILES string of the molecule is CCOC(=O)c1nnnn1CCN1CCN(C)CC1. The molecule has 19 heavy (non-hydrogen) atoms. The number of piperazine rings is 1. The molecular formula is C11H20N6O2. The van der Waals surface area contributed by atoms with Crippen molar-refractivity contribution in [1.29, 1.82) is 0 Å². The summed E-state index contributed by atoms with van der Waals surface area (Å²) in [5, 5.41) is 11.1. The maximum atomic E-state index is 11.6. The molecule has 0 unspecified atom stereocenters. The minimum Gasteiger partial charge on any atom is -0.460 e. The van der Waals surface area contributed by atoms with Gasteiger partial charge in [0.1, 0.15) is 0 Å². The van der Waals surface area contributed by atoms with E-state index in [-0.39, 0.29) is 5.82 Å². The molecule has 106 valence electrons. The molecule has 0 radical (unpaired) electrons. The molecule has 0 spiro atoms. The highest BCUT2D eigenvalue weighted by molar-refractivity contribution is 5.85. The van der Waals surface area contributed by atoms with Gasteiger partial charge in [-0.15, -0.1) is 5.10 Å². The summed E-state index contributed by atoms with van der Waals surface area (Å²) in [6.45, 7) is 7.73. The lowest BCUT2D eigenvalue weighted by atomic mass is 10.3. The Balaban J connectivity index is 1.86. The molecule has 1 aliphatic rings. The Bertz CT molecular complexity index is 413. The molecule has 0 N–H and O–H groups in total. The average Bonchev–Trinajstić information content (AvgIpc) is 2.87. The van der Waals surface area contributed by atoms with Gasteiger partial charge >= 0.3 is 5.97 Å². The van der Waals surface area contributed by atoms with Crippen molar-refractivity contribution in [2.45, 2.75) is 13.5 Å². The van der Waals surface area contributed by atoms with Gasteiger partial charge in [0, 0.05) is 32.7 Å². The predicted molar refractivity (Wildman–Crippen MR) is 67.7 cm³/mol. The van der Waals surface area contributed by atoms with Crippen LogP contribution in [0.5, 0.6) is 0 Å². The quantitative estimate of drug-likeness (QED) is 0.640. The van der Waals surface area contributed by atoms with E-state index in [1.807, 2.05) is 0 Å². The highest BCUT2D eigenvalue weighted by atomic mass is 16.5. The summed E-state index contributed by atoms with van der Waals surface area (Å²) < 4.78 is 6.42. The van der Waals surface area contributed by atoms with E-state index in [2.05, 4.69) is 32.4 Å². The molecule has 8 nitrogen and oxygen atoms in total. The van der Waals surface area contributed by atoms with E-state index < -0.39 is 5.97 Å². The molecule has 2 rings (SSSR count). The zero-order chi connectivity index (χ0) is 13.7. The number of nitrogens with zero attached hydrogens (tertiary/aromatic N) is 6. The molecule has 1 saturated heterocycles. The van der Waals surface area contributed by atoms with Crippen molar-refractivity contribution >= 4 is 5.97 Å². The molecule has 1 fully saturated rings. The second kappa shape index (κ2) is 6.58. The third-order valence-electron chi connectivity index (χ3n) is 3.21. The molecule has 1 aromatic rings. The van der Waals surface area contributed by atoms with Gasteiger partial charge in [-0.2, -0.15) is 0 Å². The van der Waals surface area contributed by atoms with Crippen LogP contribution in [0.4, 0.5) is 0 Å². The van der Waals surface area contributed by atoms with Gasteiger partial charge in [-0.25, -0.2) is 9.48 Å². The Morgan fingerprint density at radius 3 is 2.68 bits per heavy atom. The lowest BCUT2D eigenvalue weighted by Gasteiger charge is -2.32. The number of rotatable bonds is 5. The summed E-state index contributed by atoms with van der Waals surface area (Å²) in [4.78, 5) is 16.3. The van der Waals surface area contributed by atoms with Crippen LogP contribution in [0.3, 0.4) is 0 Å². The van der Waals surface area contributed by atoms with Gasteiger partial charge < -0.3 is 9.64 Å². The van der Waals surface area contributed by atoms with E-state index in [1.165, 1.54) is 4.68 Å². The van der Waals surface area contributed by atoms with Crippen molar-refractivity contribution in [3.63, 3.8) is 0 Å². The standard InChI is InChI=1S/C11H20N6O2/c1-3-19-11(18)10-12-13-14-17(10)9-8-16-6-4-15(2)5-7-16/h3-9H2,1-2H3. The first-order valence-corrected chi connectivity index (χ1v) is 6.55. The van der Waals surface area contributed by atoms with Gasteiger partial charge in [0.25, 0.3) is 5.82 Å². The van der Waals surface area contributed by atoms with Crippen molar-refractivity contribution in [1.82, 2.24) is 30.0 Å². The minimum atomic E-state index is -0.467. The molecule has 0 bridgehead atoms. The highest BCUT2D eigenvalue weighted by Crippen LogP contribution is 2.01. The molecule has 0 atom stereocenters. The second-order valence-electron chi connectivity index (χ2n) is 4.59. The fourth-order valence-corrected chi connectivity index (χ4v) is 2.00. The van der Waals surface area contributed by atoms with Gasteiger partial charge in [-0.3, -0.25) is 4.90 Å². The van der Waals surface area contributed by atoms with Crippen LogP contribution < -0.4 is 0 Å². The zero-order valence-corrected chi connectivity index (χ0v) is 11.4. The molecule has 0 saturated carbocycles. The Labute approximate surface area is 112 Å². The number of ether oxygens (including phenoxy) is 1. The van der Waals surface area contributed by atoms with Crippen LogP contribution in [-0.4, -0.2) is 82.4 Å². The van der Waals surface area contributed by atoms with Crippen molar-refractivity contribution < 1.29 is 9.53 Å². The fraction of sp³-hybridized carbons (Fsp3) is 0.818. The number of hydrogen-bond acceptors (Lipinski definition) is 7. The highest BCUT2D eigenvalue weighted by Gasteiger charge is 2.18. The summed E-state index contributed by atoms with van der Waals surface area (Å²) >= 11 is 0. The van der Waals surface area contributed by atoms with Crippen molar-refractivity contribution in [3.05, 3.63) is 5.82 Å². The van der Waals surface area contributed by atoms with Crippen LogP contribution in [0.1, 0.15) is 17.5 Å². The van der Waals surface area contributed by atoms with Gasteiger partial charge in [0.05, 0.1) is 13.2 Å². The van der Waals surface area contributed by atoms with Crippen LogP contribution >= 0.6 is 0 Å². The monoisotopic (exact) mass is 268 g/mol. The lowest BCUT2D eigenvalue weighted by molar-refractivity contribution is 0.0502. The van der Waals surface area contributed by atoms with Gasteiger partial charge in [-0.05, 0) is 24.4 Å². The summed E-state index contributed by atoms with van der Waals surface area (Å²) in [5.74, 6) is -0.290. The average molecular weight is 268 g/mol. The molecule has 0 aliphatic carbocycles. The molecule has 8 heteroatoms. The van der Waals surface area contributed by atoms with Crippen LogP contribution in [0.2, 0.25) is 0 Å². The number of esters is 1. The Morgan fingerprint density at radius 2 is 2.00 bits per heavy atom. The van der Waals surface area contributed by atoms with E-state index in [0.29, 0.717) is 13.2 Å². The van der Waals surface area contributed by atoms with Gasteiger partial charge in [0.2, 0.25) is 0 Å². The first-order valence-electron chi connectivity index (χ1n) is 6.55. The largest absolute Gasteiger partial charge is 0.460 e. The number of carbonyl (C=O) groups is 1. The minimum absolute atomic E-state index is 0.177. The van der Waals surface area contributed by atoms with Crippen molar-refractivity contribution in [2.75, 3.05) is 46.4 Å². The van der Waals surface area contributed by atoms with E-state index in [0.717, 1.165) is 32.7 Å². The van der Waals surface area contributed by atoms with Gasteiger partial charge in [-0.1, -0.05) is 0 Å². The number of tetrazole rings is 1. The van der Waals surface area contributed by atoms with Crippen LogP contribution in [0.15, 0.2) is 0 Å². The van der Waals surface area contributed by atoms with Gasteiger partial charge in [0.15, 0.2) is 0 Å². The smallest absolute Gasteiger partial charge is 0.378 e. The predicted octanol–water partition coefficient (Wildman–Crippen LogP) is -0.903. The molecule has 1 aliphatic heterocycles. The maximum Gasteiger partial charge on any atom is 0.378 e. The molecule has 2 heterocycles. The zero-order valence-electron chi connectivity index (χ0n) is 11.4. The summed E-state index contributed by atoms with van der Waals surface area (Å²) in [5.41, 5.74) is 0. The third kappa shape index (κ3) is 3.71. The first kappa shape index (κ1) is 13.9. The Morgan fingerprint density at radius 1 is 1.26 bits per heavy atom. The van der Waals surface area contributed by atoms with Crippen molar-refractivity contribution in [2.24, 2.45) is 0 Å². The van der Waals surface area contributed by atoms with Crippen LogP contribution in [-0.2, 0) is 11.3 Å². The second-order valence-corrected chi connectivity index (χ2v) is 4.59.